The normalized spacial score (nSPS) is 19.2. The average molecular weight is 394 g/mol. The van der Waals surface area contributed by atoms with E-state index in [1.165, 1.54) is 12.8 Å². The molecule has 0 atom stereocenters. The van der Waals surface area contributed by atoms with Gasteiger partial charge in [0.2, 0.25) is 5.91 Å². The van der Waals surface area contributed by atoms with Gasteiger partial charge < -0.3 is 15.1 Å². The first kappa shape index (κ1) is 19.4. The number of nitrogens with one attached hydrogen (secondary N) is 1. The summed E-state index contributed by atoms with van der Waals surface area (Å²) in [7, 11) is 0. The summed E-state index contributed by atoms with van der Waals surface area (Å²) in [6, 6.07) is 5.88. The fourth-order valence-electron chi connectivity index (χ4n) is 3.75. The molecule has 0 aliphatic carbocycles. The van der Waals surface area contributed by atoms with Gasteiger partial charge in [0, 0.05) is 42.8 Å². The monoisotopic (exact) mass is 393 g/mol. The van der Waals surface area contributed by atoms with E-state index < -0.39 is 0 Å². The van der Waals surface area contributed by atoms with Crippen LogP contribution in [0.4, 0.5) is 5.69 Å². The molecule has 2 heterocycles. The summed E-state index contributed by atoms with van der Waals surface area (Å²) in [5.41, 5.74) is 1.96. The summed E-state index contributed by atoms with van der Waals surface area (Å²) in [6.07, 6.45) is 6.57. The standard InChI is InChI=1S/C20H28ClN3OS/c1-15-6-7-17(14-18(15)21)22-20(26)24-12-8-16(9-13-24)19(25)23-10-4-2-3-5-11-23/h6-7,14,16H,2-5,8-13H2,1H3,(H,22,26). The minimum Gasteiger partial charge on any atom is -0.349 e. The Hall–Kier alpha value is -1.33. The Bertz CT molecular complexity index is 650. The van der Waals surface area contributed by atoms with E-state index in [0.29, 0.717) is 11.0 Å². The lowest BCUT2D eigenvalue weighted by Crippen LogP contribution is -2.45. The van der Waals surface area contributed by atoms with E-state index >= 15 is 0 Å². The van der Waals surface area contributed by atoms with Crippen molar-refractivity contribution in [3.8, 4) is 0 Å². The van der Waals surface area contributed by atoms with Gasteiger partial charge in [0.25, 0.3) is 0 Å². The number of aryl methyl sites for hydroxylation is 1. The molecule has 2 aliphatic rings. The number of carbonyl (C=O) groups excluding carboxylic acids is 1. The topological polar surface area (TPSA) is 35.6 Å². The van der Waals surface area contributed by atoms with Crippen LogP contribution in [0.3, 0.4) is 0 Å². The molecule has 0 aromatic heterocycles. The zero-order valence-corrected chi connectivity index (χ0v) is 17.0. The van der Waals surface area contributed by atoms with E-state index in [-0.39, 0.29) is 5.92 Å². The molecule has 1 aromatic carbocycles. The zero-order valence-electron chi connectivity index (χ0n) is 15.5. The first-order chi connectivity index (χ1) is 12.5. The van der Waals surface area contributed by atoms with Gasteiger partial charge in [-0.15, -0.1) is 0 Å². The van der Waals surface area contributed by atoms with Crippen LogP contribution < -0.4 is 5.32 Å². The molecule has 0 spiro atoms. The van der Waals surface area contributed by atoms with E-state index in [9.17, 15) is 4.79 Å². The van der Waals surface area contributed by atoms with Crippen LogP contribution in [-0.4, -0.2) is 47.0 Å². The number of nitrogens with zero attached hydrogens (tertiary/aromatic N) is 2. The highest BCUT2D eigenvalue weighted by Crippen LogP contribution is 2.24. The summed E-state index contributed by atoms with van der Waals surface area (Å²) in [6.45, 7) is 5.52. The number of anilines is 1. The molecule has 6 heteroatoms. The second-order valence-electron chi connectivity index (χ2n) is 7.39. The predicted octanol–water partition coefficient (Wildman–Crippen LogP) is 4.46. The Morgan fingerprint density at radius 2 is 1.73 bits per heavy atom. The smallest absolute Gasteiger partial charge is 0.225 e. The van der Waals surface area contributed by atoms with E-state index in [1.54, 1.807) is 0 Å². The summed E-state index contributed by atoms with van der Waals surface area (Å²) in [5, 5.41) is 4.72. The minimum absolute atomic E-state index is 0.154. The fourth-order valence-corrected chi connectivity index (χ4v) is 4.23. The van der Waals surface area contributed by atoms with Gasteiger partial charge in [-0.3, -0.25) is 4.79 Å². The van der Waals surface area contributed by atoms with Crippen molar-refractivity contribution in [1.29, 1.82) is 0 Å². The third-order valence-corrected chi connectivity index (χ3v) is 6.24. The number of hydrogen-bond acceptors (Lipinski definition) is 2. The maximum absolute atomic E-state index is 12.8. The third kappa shape index (κ3) is 4.89. The minimum atomic E-state index is 0.154. The number of rotatable bonds is 2. The van der Waals surface area contributed by atoms with Gasteiger partial charge in [-0.1, -0.05) is 30.5 Å². The lowest BCUT2D eigenvalue weighted by Gasteiger charge is -2.35. The van der Waals surface area contributed by atoms with E-state index in [1.807, 2.05) is 25.1 Å². The number of amides is 1. The maximum Gasteiger partial charge on any atom is 0.225 e. The molecule has 4 nitrogen and oxygen atoms in total. The van der Waals surface area contributed by atoms with Crippen LogP contribution in [0.2, 0.25) is 5.02 Å². The van der Waals surface area contributed by atoms with Crippen molar-refractivity contribution in [3.05, 3.63) is 28.8 Å². The Kier molecular flexibility index (Phi) is 6.76. The van der Waals surface area contributed by atoms with Crippen molar-refractivity contribution in [3.63, 3.8) is 0 Å². The molecule has 142 valence electrons. The molecule has 2 saturated heterocycles. The molecule has 1 amide bonds. The van der Waals surface area contributed by atoms with Crippen LogP contribution in [0.15, 0.2) is 18.2 Å². The highest BCUT2D eigenvalue weighted by Gasteiger charge is 2.29. The largest absolute Gasteiger partial charge is 0.349 e. The molecule has 0 bridgehead atoms. The van der Waals surface area contributed by atoms with Gasteiger partial charge in [-0.25, -0.2) is 0 Å². The average Bonchev–Trinajstić information content (AvgIpc) is 2.94. The lowest BCUT2D eigenvalue weighted by atomic mass is 9.95. The van der Waals surface area contributed by atoms with Crippen LogP contribution >= 0.6 is 23.8 Å². The summed E-state index contributed by atoms with van der Waals surface area (Å²) >= 11 is 11.7. The molecule has 1 aromatic rings. The van der Waals surface area contributed by atoms with E-state index in [2.05, 4.69) is 15.1 Å². The predicted molar refractivity (Wildman–Crippen MR) is 112 cm³/mol. The molecule has 26 heavy (non-hydrogen) atoms. The second-order valence-corrected chi connectivity index (χ2v) is 8.19. The maximum atomic E-state index is 12.8. The van der Waals surface area contributed by atoms with Crippen LogP contribution in [0.5, 0.6) is 0 Å². The third-order valence-electron chi connectivity index (χ3n) is 5.47. The molecule has 0 radical (unpaired) electrons. The number of likely N-dealkylation sites (tertiary alicyclic amines) is 2. The Balaban J connectivity index is 1.50. The van der Waals surface area contributed by atoms with Crippen molar-refractivity contribution in [2.45, 2.75) is 45.4 Å². The molecular weight excluding hydrogens is 366 g/mol. The summed E-state index contributed by atoms with van der Waals surface area (Å²) in [5.74, 6) is 0.511. The summed E-state index contributed by atoms with van der Waals surface area (Å²) in [4.78, 5) is 17.0. The molecule has 0 unspecified atom stereocenters. The number of benzene rings is 1. The second kappa shape index (κ2) is 9.05. The van der Waals surface area contributed by atoms with Gasteiger partial charge in [0.1, 0.15) is 0 Å². The Labute approximate surface area is 166 Å². The van der Waals surface area contributed by atoms with Gasteiger partial charge in [-0.2, -0.15) is 0 Å². The number of thiocarbonyl (C=S) groups is 1. The number of piperidine rings is 1. The molecule has 0 saturated carbocycles. The quantitative estimate of drug-likeness (QED) is 0.752. The van der Waals surface area contributed by atoms with E-state index in [0.717, 1.165) is 68.1 Å². The highest BCUT2D eigenvalue weighted by atomic mass is 35.5. The Morgan fingerprint density at radius 3 is 2.35 bits per heavy atom. The number of carbonyl (C=O) groups is 1. The summed E-state index contributed by atoms with van der Waals surface area (Å²) < 4.78 is 0. The molecule has 1 N–H and O–H groups in total. The highest BCUT2D eigenvalue weighted by molar-refractivity contribution is 7.80. The number of hydrogen-bond donors (Lipinski definition) is 1. The van der Waals surface area contributed by atoms with Crippen molar-refractivity contribution in [2.75, 3.05) is 31.5 Å². The molecule has 3 rings (SSSR count). The van der Waals surface area contributed by atoms with Gasteiger partial charge in [-0.05, 0) is 62.5 Å². The molecule has 2 aliphatic heterocycles. The van der Waals surface area contributed by atoms with Crippen molar-refractivity contribution >= 4 is 40.5 Å². The van der Waals surface area contributed by atoms with Crippen LogP contribution in [-0.2, 0) is 4.79 Å². The van der Waals surface area contributed by atoms with Gasteiger partial charge >= 0.3 is 0 Å². The Morgan fingerprint density at radius 1 is 1.08 bits per heavy atom. The van der Waals surface area contributed by atoms with Gasteiger partial charge in [0.05, 0.1) is 0 Å². The first-order valence-corrected chi connectivity index (χ1v) is 10.4. The van der Waals surface area contributed by atoms with Crippen LogP contribution in [0.25, 0.3) is 0 Å². The van der Waals surface area contributed by atoms with E-state index in [4.69, 9.17) is 23.8 Å². The lowest BCUT2D eigenvalue weighted by molar-refractivity contribution is -0.136. The molecular formula is C20H28ClN3OS. The zero-order chi connectivity index (χ0) is 18.5. The van der Waals surface area contributed by atoms with Crippen LogP contribution in [0, 0.1) is 12.8 Å². The van der Waals surface area contributed by atoms with Crippen molar-refractivity contribution in [1.82, 2.24) is 9.80 Å². The van der Waals surface area contributed by atoms with Crippen molar-refractivity contribution < 1.29 is 4.79 Å². The van der Waals surface area contributed by atoms with Crippen LogP contribution in [0.1, 0.15) is 44.1 Å². The first-order valence-electron chi connectivity index (χ1n) is 9.65. The molecule has 2 fully saturated rings. The number of halogens is 1. The fraction of sp³-hybridized carbons (Fsp3) is 0.600. The van der Waals surface area contributed by atoms with Crippen molar-refractivity contribution in [2.24, 2.45) is 5.92 Å². The van der Waals surface area contributed by atoms with Gasteiger partial charge in [0.15, 0.2) is 5.11 Å². The SMILES string of the molecule is Cc1ccc(NC(=S)N2CCC(C(=O)N3CCCCCC3)CC2)cc1Cl.